The van der Waals surface area contributed by atoms with E-state index in [1.54, 1.807) is 23.3 Å². The third-order valence-corrected chi connectivity index (χ3v) is 7.37. The number of halogens is 1. The molecule has 0 radical (unpaired) electrons. The minimum absolute atomic E-state index is 0.330. The summed E-state index contributed by atoms with van der Waals surface area (Å²) in [6, 6.07) is 8.48. The van der Waals surface area contributed by atoms with Crippen molar-refractivity contribution in [2.75, 3.05) is 5.32 Å². The molecule has 0 amide bonds. The van der Waals surface area contributed by atoms with Gasteiger partial charge in [0.2, 0.25) is 0 Å². The summed E-state index contributed by atoms with van der Waals surface area (Å²) in [6.07, 6.45) is 7.77. The summed E-state index contributed by atoms with van der Waals surface area (Å²) in [5.74, 6) is 2.21. The molecular formula is C18H17ClN2S2. The first-order valence-electron chi connectivity index (χ1n) is 8.02. The van der Waals surface area contributed by atoms with Crippen LogP contribution in [0.2, 0.25) is 5.02 Å². The first kappa shape index (κ1) is 14.4. The molecule has 4 atom stereocenters. The first-order valence-corrected chi connectivity index (χ1v) is 10.1. The molecule has 2 bridgehead atoms. The molecule has 1 fully saturated rings. The zero-order valence-corrected chi connectivity index (χ0v) is 14.8. The van der Waals surface area contributed by atoms with Gasteiger partial charge in [0.15, 0.2) is 0 Å². The van der Waals surface area contributed by atoms with E-state index < -0.39 is 0 Å². The van der Waals surface area contributed by atoms with Crippen molar-refractivity contribution < 1.29 is 0 Å². The van der Waals surface area contributed by atoms with Crippen LogP contribution in [0.15, 0.2) is 46.7 Å². The monoisotopic (exact) mass is 360 g/mol. The third kappa shape index (κ3) is 2.43. The minimum atomic E-state index is 0.330. The van der Waals surface area contributed by atoms with Crippen LogP contribution in [0.25, 0.3) is 10.4 Å². The number of anilines is 1. The van der Waals surface area contributed by atoms with Crippen molar-refractivity contribution in [3.63, 3.8) is 0 Å². The van der Waals surface area contributed by atoms with E-state index in [-0.39, 0.29) is 0 Å². The molecule has 2 aromatic rings. The van der Waals surface area contributed by atoms with Crippen LogP contribution in [0.3, 0.4) is 0 Å². The van der Waals surface area contributed by atoms with Gasteiger partial charge in [-0.15, -0.1) is 11.3 Å². The van der Waals surface area contributed by atoms with Crippen molar-refractivity contribution in [2.24, 2.45) is 17.8 Å². The van der Waals surface area contributed by atoms with Gasteiger partial charge in [-0.2, -0.15) is 0 Å². The molecule has 2 N–H and O–H groups in total. The zero-order valence-electron chi connectivity index (χ0n) is 12.5. The second-order valence-electron chi connectivity index (χ2n) is 6.59. The molecule has 2 aliphatic carbocycles. The Hall–Kier alpha value is -0.940. The molecule has 4 unspecified atom stereocenters. The SMILES string of the molecule is Clc1cc2c(cc1-c1cccs1)SNC(C1CC3C=CC1C3)N2. The number of rotatable bonds is 2. The zero-order chi connectivity index (χ0) is 15.4. The van der Waals surface area contributed by atoms with Gasteiger partial charge in [0.05, 0.1) is 16.9 Å². The predicted octanol–water partition coefficient (Wildman–Crippen LogP) is 5.63. The highest BCUT2D eigenvalue weighted by molar-refractivity contribution is 7.97. The van der Waals surface area contributed by atoms with Gasteiger partial charge in [0, 0.05) is 21.3 Å². The van der Waals surface area contributed by atoms with Gasteiger partial charge < -0.3 is 5.32 Å². The summed E-state index contributed by atoms with van der Waals surface area (Å²) in [4.78, 5) is 2.45. The smallest absolute Gasteiger partial charge is 0.0897 e. The normalized spacial score (nSPS) is 31.2. The first-order chi connectivity index (χ1) is 11.3. The van der Waals surface area contributed by atoms with Crippen LogP contribution >= 0.6 is 34.9 Å². The standard InChI is InChI=1S/C18H17ClN2S2/c19-14-9-15-17(8-13(14)16-2-1-5-22-16)23-21-18(20-15)12-7-10-3-4-11(12)6-10/h1-5,8-12,18,20-21H,6-7H2. The summed E-state index contributed by atoms with van der Waals surface area (Å²) in [6.45, 7) is 0. The number of thiophene rings is 1. The largest absolute Gasteiger partial charge is 0.368 e. The number of hydrogen-bond donors (Lipinski definition) is 2. The van der Waals surface area contributed by atoms with Crippen LogP contribution in [0, 0.1) is 17.8 Å². The van der Waals surface area contributed by atoms with E-state index in [0.29, 0.717) is 12.1 Å². The maximum absolute atomic E-state index is 6.55. The Balaban J connectivity index is 1.43. The molecule has 0 saturated heterocycles. The lowest BCUT2D eigenvalue weighted by molar-refractivity contribution is 0.372. The van der Waals surface area contributed by atoms with Gasteiger partial charge in [0.1, 0.15) is 0 Å². The molecule has 23 heavy (non-hydrogen) atoms. The molecule has 3 aliphatic rings. The van der Waals surface area contributed by atoms with Crippen LogP contribution in [-0.4, -0.2) is 6.17 Å². The molecule has 2 nitrogen and oxygen atoms in total. The van der Waals surface area contributed by atoms with Crippen molar-refractivity contribution in [1.82, 2.24) is 4.72 Å². The second-order valence-corrected chi connectivity index (χ2v) is 8.83. The summed E-state index contributed by atoms with van der Waals surface area (Å²) >= 11 is 10.0. The van der Waals surface area contributed by atoms with E-state index in [1.165, 1.54) is 22.6 Å². The Kier molecular flexibility index (Phi) is 3.48. The van der Waals surface area contributed by atoms with E-state index in [1.807, 2.05) is 0 Å². The highest BCUT2D eigenvalue weighted by atomic mass is 35.5. The molecule has 2 heterocycles. The van der Waals surface area contributed by atoms with Crippen molar-refractivity contribution in [1.29, 1.82) is 0 Å². The molecule has 5 rings (SSSR count). The Morgan fingerprint density at radius 1 is 1.17 bits per heavy atom. The highest BCUT2D eigenvalue weighted by Crippen LogP contribution is 2.47. The van der Waals surface area contributed by atoms with Gasteiger partial charge in [-0.1, -0.05) is 29.8 Å². The van der Waals surface area contributed by atoms with E-state index in [2.05, 4.69) is 51.8 Å². The number of hydrogen-bond acceptors (Lipinski definition) is 4. The number of fused-ring (bicyclic) bond motifs is 3. The van der Waals surface area contributed by atoms with Crippen LogP contribution in [0.5, 0.6) is 0 Å². The summed E-state index contributed by atoms with van der Waals surface area (Å²) in [5, 5.41) is 6.61. The number of nitrogens with one attached hydrogen (secondary N) is 2. The van der Waals surface area contributed by atoms with Crippen molar-refractivity contribution in [2.45, 2.75) is 23.9 Å². The summed E-state index contributed by atoms with van der Waals surface area (Å²) in [7, 11) is 0. The molecule has 1 aliphatic heterocycles. The molecule has 1 aromatic heterocycles. The van der Waals surface area contributed by atoms with E-state index >= 15 is 0 Å². The quantitative estimate of drug-likeness (QED) is 0.536. The van der Waals surface area contributed by atoms with E-state index in [0.717, 1.165) is 28.1 Å². The van der Waals surface area contributed by atoms with Gasteiger partial charge in [0.25, 0.3) is 0 Å². The lowest BCUT2D eigenvalue weighted by Gasteiger charge is -2.34. The molecule has 118 valence electrons. The van der Waals surface area contributed by atoms with Crippen LogP contribution < -0.4 is 10.0 Å². The van der Waals surface area contributed by atoms with Crippen molar-refractivity contribution >= 4 is 40.6 Å². The molecule has 0 spiro atoms. The fraction of sp³-hybridized carbons (Fsp3) is 0.333. The molecule has 5 heteroatoms. The maximum Gasteiger partial charge on any atom is 0.0897 e. The Labute approximate surface area is 149 Å². The summed E-state index contributed by atoms with van der Waals surface area (Å²) in [5.41, 5.74) is 2.29. The van der Waals surface area contributed by atoms with Crippen molar-refractivity contribution in [3.8, 4) is 10.4 Å². The topological polar surface area (TPSA) is 24.1 Å². The van der Waals surface area contributed by atoms with Crippen molar-refractivity contribution in [3.05, 3.63) is 46.8 Å². The average Bonchev–Trinajstić information content (AvgIpc) is 3.31. The van der Waals surface area contributed by atoms with Gasteiger partial charge in [-0.3, -0.25) is 0 Å². The number of allylic oxidation sites excluding steroid dienone is 2. The molecule has 1 aromatic carbocycles. The Morgan fingerprint density at radius 3 is 2.87 bits per heavy atom. The van der Waals surface area contributed by atoms with Crippen LogP contribution in [0.4, 0.5) is 5.69 Å². The maximum atomic E-state index is 6.55. The number of benzene rings is 1. The average molecular weight is 361 g/mol. The van der Waals surface area contributed by atoms with Gasteiger partial charge in [-0.05, 0) is 60.2 Å². The molecular weight excluding hydrogens is 344 g/mol. The lowest BCUT2D eigenvalue weighted by atomic mass is 9.91. The minimum Gasteiger partial charge on any atom is -0.368 e. The van der Waals surface area contributed by atoms with E-state index in [4.69, 9.17) is 11.6 Å². The second kappa shape index (κ2) is 5.55. The van der Waals surface area contributed by atoms with Crippen LogP contribution in [-0.2, 0) is 0 Å². The predicted molar refractivity (Wildman–Crippen MR) is 100 cm³/mol. The highest BCUT2D eigenvalue weighted by Gasteiger charge is 2.41. The molecule has 1 saturated carbocycles. The van der Waals surface area contributed by atoms with Gasteiger partial charge in [-0.25, -0.2) is 4.72 Å². The third-order valence-electron chi connectivity index (χ3n) is 5.22. The van der Waals surface area contributed by atoms with E-state index in [9.17, 15) is 0 Å². The summed E-state index contributed by atoms with van der Waals surface area (Å²) < 4.78 is 3.63. The fourth-order valence-electron chi connectivity index (χ4n) is 4.10. The fourth-order valence-corrected chi connectivity index (χ4v) is 6.07. The van der Waals surface area contributed by atoms with Gasteiger partial charge >= 0.3 is 0 Å². The Morgan fingerprint density at radius 2 is 2.13 bits per heavy atom. The van der Waals surface area contributed by atoms with Crippen LogP contribution in [0.1, 0.15) is 12.8 Å². The lowest BCUT2D eigenvalue weighted by Crippen LogP contribution is -2.43. The Bertz CT molecular complexity index is 772.